The number of carbonyl (C=O) groups excluding carboxylic acids is 1. The van der Waals surface area contributed by atoms with Gasteiger partial charge in [-0.25, -0.2) is 4.79 Å². The van der Waals surface area contributed by atoms with Gasteiger partial charge in [-0.2, -0.15) is 0 Å². The van der Waals surface area contributed by atoms with Crippen LogP contribution in [0.5, 0.6) is 0 Å². The van der Waals surface area contributed by atoms with Crippen LogP contribution < -0.4 is 0 Å². The highest BCUT2D eigenvalue weighted by Gasteiger charge is 2.32. The van der Waals surface area contributed by atoms with E-state index in [1.807, 2.05) is 22.6 Å². The molecule has 1 unspecified atom stereocenters. The Bertz CT molecular complexity index is 580. The maximum atomic E-state index is 12.7. The molecule has 0 bridgehead atoms. The van der Waals surface area contributed by atoms with Crippen molar-refractivity contribution in [3.63, 3.8) is 0 Å². The average Bonchev–Trinajstić information content (AvgIpc) is 2.67. The molecule has 21 heavy (non-hydrogen) atoms. The zero-order chi connectivity index (χ0) is 15.6. The molecule has 0 aromatic heterocycles. The van der Waals surface area contributed by atoms with Crippen molar-refractivity contribution in [2.24, 2.45) is 0 Å². The molecule has 1 aliphatic rings. The molecule has 1 amide bonds. The lowest BCUT2D eigenvalue weighted by Crippen LogP contribution is -2.44. The molecule has 1 aliphatic heterocycles. The minimum Gasteiger partial charge on any atom is -0.480 e. The summed E-state index contributed by atoms with van der Waals surface area (Å²) < 4.78 is 0.594. The Labute approximate surface area is 146 Å². The Hall–Kier alpha value is -0.530. The van der Waals surface area contributed by atoms with Crippen LogP contribution in [-0.2, 0) is 4.79 Å². The summed E-state index contributed by atoms with van der Waals surface area (Å²) in [5.74, 6) is -1.29. The van der Waals surface area contributed by atoms with Crippen LogP contribution in [-0.4, -0.2) is 34.5 Å². The van der Waals surface area contributed by atoms with Gasteiger partial charge in [0, 0.05) is 15.1 Å². The standard InChI is InChI=1S/C14H14Cl2INO3/c15-8-6-9(12(17)10(16)7-8)13(19)18-5-3-1-2-4-11(18)14(20)21/h6-7,11H,1-5H2,(H,20,21). The Morgan fingerprint density at radius 2 is 1.95 bits per heavy atom. The molecule has 114 valence electrons. The topological polar surface area (TPSA) is 57.6 Å². The Balaban J connectivity index is 2.39. The Morgan fingerprint density at radius 3 is 2.62 bits per heavy atom. The van der Waals surface area contributed by atoms with Crippen LogP contribution in [0.25, 0.3) is 0 Å². The van der Waals surface area contributed by atoms with Gasteiger partial charge in [0.15, 0.2) is 0 Å². The summed E-state index contributed by atoms with van der Waals surface area (Å²) in [6.07, 6.45) is 3.03. The number of likely N-dealkylation sites (tertiary alicyclic amines) is 1. The maximum Gasteiger partial charge on any atom is 0.326 e. The minimum absolute atomic E-state index is 0.321. The molecule has 0 radical (unpaired) electrons. The number of aliphatic carboxylic acids is 1. The largest absolute Gasteiger partial charge is 0.480 e. The molecule has 2 rings (SSSR count). The van der Waals surface area contributed by atoms with Gasteiger partial charge in [-0.15, -0.1) is 0 Å². The van der Waals surface area contributed by atoms with Crippen molar-refractivity contribution in [2.75, 3.05) is 6.54 Å². The number of hydrogen-bond acceptors (Lipinski definition) is 2. The quantitative estimate of drug-likeness (QED) is 0.556. The van der Waals surface area contributed by atoms with E-state index in [-0.39, 0.29) is 5.91 Å². The number of carboxylic acids is 1. The van der Waals surface area contributed by atoms with Crippen molar-refractivity contribution in [1.82, 2.24) is 4.90 Å². The fourth-order valence-electron chi connectivity index (χ4n) is 2.47. The summed E-state index contributed by atoms with van der Waals surface area (Å²) in [6, 6.07) is 2.33. The van der Waals surface area contributed by atoms with Crippen LogP contribution >= 0.6 is 45.8 Å². The van der Waals surface area contributed by atoms with Crippen LogP contribution in [0.15, 0.2) is 12.1 Å². The third-order valence-corrected chi connectivity index (χ3v) is 5.52. The maximum absolute atomic E-state index is 12.7. The van der Waals surface area contributed by atoms with Crippen molar-refractivity contribution in [3.8, 4) is 0 Å². The van der Waals surface area contributed by atoms with Crippen molar-refractivity contribution in [2.45, 2.75) is 31.7 Å². The van der Waals surface area contributed by atoms with E-state index in [1.54, 1.807) is 12.1 Å². The molecule has 0 aliphatic carbocycles. The molecule has 1 saturated heterocycles. The molecular weight excluding hydrogens is 428 g/mol. The minimum atomic E-state index is -0.964. The summed E-state index contributed by atoms with van der Waals surface area (Å²) >= 11 is 14.0. The Morgan fingerprint density at radius 1 is 1.24 bits per heavy atom. The molecule has 1 atom stereocenters. The van der Waals surface area contributed by atoms with E-state index in [0.29, 0.717) is 32.1 Å². The van der Waals surface area contributed by atoms with Gasteiger partial charge in [0.05, 0.1) is 10.6 Å². The number of rotatable bonds is 2. The van der Waals surface area contributed by atoms with Crippen molar-refractivity contribution in [1.29, 1.82) is 0 Å². The van der Waals surface area contributed by atoms with E-state index in [2.05, 4.69) is 0 Å². The fraction of sp³-hybridized carbons (Fsp3) is 0.429. The monoisotopic (exact) mass is 441 g/mol. The van der Waals surface area contributed by atoms with E-state index in [9.17, 15) is 14.7 Å². The molecule has 0 spiro atoms. The number of carboxylic acid groups (broad SMARTS) is 1. The van der Waals surface area contributed by atoms with Gasteiger partial charge in [-0.05, 0) is 47.6 Å². The molecular formula is C14H14Cl2INO3. The molecule has 1 aromatic rings. The van der Waals surface area contributed by atoms with Crippen molar-refractivity contribution < 1.29 is 14.7 Å². The van der Waals surface area contributed by atoms with Gasteiger partial charge in [0.2, 0.25) is 0 Å². The molecule has 7 heteroatoms. The van der Waals surface area contributed by atoms with E-state index in [4.69, 9.17) is 23.2 Å². The highest BCUT2D eigenvalue weighted by molar-refractivity contribution is 14.1. The predicted octanol–water partition coefficient (Wildman–Crippen LogP) is 4.07. The van der Waals surface area contributed by atoms with Gasteiger partial charge in [-0.3, -0.25) is 4.79 Å². The zero-order valence-electron chi connectivity index (χ0n) is 11.1. The van der Waals surface area contributed by atoms with E-state index >= 15 is 0 Å². The lowest BCUT2D eigenvalue weighted by atomic mass is 10.1. The number of hydrogen-bond donors (Lipinski definition) is 1. The first-order valence-corrected chi connectivity index (χ1v) is 8.43. The van der Waals surface area contributed by atoms with Crippen molar-refractivity contribution >= 4 is 57.7 Å². The molecule has 1 heterocycles. The fourth-order valence-corrected chi connectivity index (χ4v) is 3.51. The summed E-state index contributed by atoms with van der Waals surface area (Å²) in [5.41, 5.74) is 0.362. The second kappa shape index (κ2) is 7.15. The summed E-state index contributed by atoms with van der Waals surface area (Å²) in [7, 11) is 0. The van der Waals surface area contributed by atoms with Gasteiger partial charge in [-0.1, -0.05) is 36.0 Å². The van der Waals surface area contributed by atoms with E-state index in [0.717, 1.165) is 19.3 Å². The van der Waals surface area contributed by atoms with Gasteiger partial charge < -0.3 is 10.0 Å². The van der Waals surface area contributed by atoms with Gasteiger partial charge in [0.25, 0.3) is 5.91 Å². The van der Waals surface area contributed by atoms with Gasteiger partial charge >= 0.3 is 5.97 Å². The number of amides is 1. The van der Waals surface area contributed by atoms with Gasteiger partial charge in [0.1, 0.15) is 6.04 Å². The lowest BCUT2D eigenvalue weighted by Gasteiger charge is -2.27. The lowest BCUT2D eigenvalue weighted by molar-refractivity contribution is -0.142. The zero-order valence-corrected chi connectivity index (χ0v) is 14.8. The molecule has 1 N–H and O–H groups in total. The van der Waals surface area contributed by atoms with Crippen LogP contribution in [0.2, 0.25) is 10.0 Å². The first-order chi connectivity index (χ1) is 9.91. The molecule has 0 saturated carbocycles. The summed E-state index contributed by atoms with van der Waals surface area (Å²) in [6.45, 7) is 0.440. The number of halogens is 3. The van der Waals surface area contributed by atoms with Crippen LogP contribution in [0.3, 0.4) is 0 Å². The first-order valence-electron chi connectivity index (χ1n) is 6.60. The van der Waals surface area contributed by atoms with E-state index < -0.39 is 12.0 Å². The molecule has 1 aromatic carbocycles. The van der Waals surface area contributed by atoms with E-state index in [1.165, 1.54) is 4.90 Å². The molecule has 4 nitrogen and oxygen atoms in total. The highest BCUT2D eigenvalue weighted by atomic mass is 127. The number of nitrogens with zero attached hydrogens (tertiary/aromatic N) is 1. The average molecular weight is 442 g/mol. The second-order valence-electron chi connectivity index (χ2n) is 4.95. The number of benzene rings is 1. The third kappa shape index (κ3) is 3.81. The predicted molar refractivity (Wildman–Crippen MR) is 90.1 cm³/mol. The van der Waals surface area contributed by atoms with Crippen LogP contribution in [0, 0.1) is 3.57 Å². The van der Waals surface area contributed by atoms with Crippen molar-refractivity contribution in [3.05, 3.63) is 31.3 Å². The highest BCUT2D eigenvalue weighted by Crippen LogP contribution is 2.29. The van der Waals surface area contributed by atoms with Crippen LogP contribution in [0.4, 0.5) is 0 Å². The summed E-state index contributed by atoms with van der Waals surface area (Å²) in [5, 5.41) is 10.1. The Kier molecular flexibility index (Phi) is 5.73. The third-order valence-electron chi connectivity index (χ3n) is 3.52. The normalized spacial score (nSPS) is 19.2. The molecule has 1 fully saturated rings. The SMILES string of the molecule is O=C(O)C1CCCCCN1C(=O)c1cc(Cl)cc(Cl)c1I. The second-order valence-corrected chi connectivity index (χ2v) is 6.87. The number of carbonyl (C=O) groups is 2. The first kappa shape index (κ1) is 16.8. The summed E-state index contributed by atoms with van der Waals surface area (Å²) in [4.78, 5) is 25.6. The van der Waals surface area contributed by atoms with Crippen LogP contribution in [0.1, 0.15) is 36.0 Å². The smallest absolute Gasteiger partial charge is 0.326 e.